The van der Waals surface area contributed by atoms with Crippen LogP contribution in [-0.2, 0) is 9.59 Å². The van der Waals surface area contributed by atoms with Crippen molar-refractivity contribution in [2.24, 2.45) is 5.92 Å². The van der Waals surface area contributed by atoms with Crippen molar-refractivity contribution in [3.63, 3.8) is 0 Å². The summed E-state index contributed by atoms with van der Waals surface area (Å²) in [4.78, 5) is 30.9. The molecule has 1 saturated heterocycles. The molecule has 0 bridgehead atoms. The number of amides is 2. The third kappa shape index (κ3) is 5.58. The first-order valence-corrected chi connectivity index (χ1v) is 11.6. The van der Waals surface area contributed by atoms with Crippen LogP contribution in [0.2, 0.25) is 0 Å². The fourth-order valence-electron chi connectivity index (χ4n) is 3.45. The van der Waals surface area contributed by atoms with E-state index in [2.05, 4.69) is 49.3 Å². The number of carbonyl (C=O) groups is 2. The lowest BCUT2D eigenvalue weighted by molar-refractivity contribution is -0.130. The van der Waals surface area contributed by atoms with E-state index in [4.69, 9.17) is 0 Å². The van der Waals surface area contributed by atoms with Crippen molar-refractivity contribution in [1.29, 1.82) is 0 Å². The molecule has 0 aliphatic carbocycles. The Labute approximate surface area is 174 Å². The summed E-state index contributed by atoms with van der Waals surface area (Å²) >= 11 is 2.79. The van der Waals surface area contributed by atoms with Crippen molar-refractivity contribution in [2.75, 3.05) is 29.9 Å². The van der Waals surface area contributed by atoms with E-state index in [0.29, 0.717) is 16.8 Å². The summed E-state index contributed by atoms with van der Waals surface area (Å²) in [6.07, 6.45) is 2.27. The molecule has 0 spiro atoms. The number of nitrogens with zero attached hydrogens (tertiary/aromatic N) is 2. The van der Waals surface area contributed by atoms with Crippen LogP contribution in [0.4, 0.5) is 5.13 Å². The summed E-state index contributed by atoms with van der Waals surface area (Å²) in [7, 11) is 0. The molecule has 0 saturated carbocycles. The number of rotatable bonds is 6. The topological polar surface area (TPSA) is 62.3 Å². The van der Waals surface area contributed by atoms with Gasteiger partial charge in [-0.1, -0.05) is 30.7 Å². The second-order valence-corrected chi connectivity index (χ2v) is 9.33. The van der Waals surface area contributed by atoms with E-state index in [9.17, 15) is 9.59 Å². The number of nitrogens with one attached hydrogen (secondary N) is 1. The Balaban J connectivity index is 1.46. The number of benzene rings is 1. The van der Waals surface area contributed by atoms with Crippen molar-refractivity contribution in [3.8, 4) is 11.3 Å². The highest BCUT2D eigenvalue weighted by Crippen LogP contribution is 2.28. The fourth-order valence-corrected chi connectivity index (χ4v) is 4.89. The molecular formula is C21H27N3O2S2. The first kappa shape index (κ1) is 20.9. The molecule has 1 aliphatic rings. The van der Waals surface area contributed by atoms with Crippen LogP contribution in [-0.4, -0.2) is 46.3 Å². The minimum absolute atomic E-state index is 0.119. The number of aryl methyl sites for hydroxylation is 2. The van der Waals surface area contributed by atoms with E-state index in [1.807, 2.05) is 10.3 Å². The molecule has 2 heterocycles. The molecule has 1 aliphatic heterocycles. The minimum atomic E-state index is -0.119. The predicted molar refractivity (Wildman–Crippen MR) is 118 cm³/mol. The molecule has 1 atom stereocenters. The predicted octanol–water partition coefficient (Wildman–Crippen LogP) is 4.36. The van der Waals surface area contributed by atoms with Crippen molar-refractivity contribution < 1.29 is 9.59 Å². The molecule has 1 fully saturated rings. The van der Waals surface area contributed by atoms with Crippen LogP contribution < -0.4 is 5.32 Å². The van der Waals surface area contributed by atoms with Gasteiger partial charge in [-0.25, -0.2) is 4.98 Å². The zero-order valence-electron chi connectivity index (χ0n) is 16.7. The number of aromatic nitrogens is 1. The summed E-state index contributed by atoms with van der Waals surface area (Å²) in [6.45, 7) is 8.00. The molecule has 1 N–H and O–H groups in total. The standard InChI is InChI=1S/C21H27N3O2S2/c1-14-6-7-17(16(3)9-14)18-11-28-21(22-18)23-19(25)12-27-13-20(26)24-8-4-5-15(2)10-24/h6-7,9,11,15H,4-5,8,10,12-13H2,1-3H3,(H,22,23,25)/t15-/m1/s1. The van der Waals surface area contributed by atoms with Crippen LogP contribution in [0.15, 0.2) is 23.6 Å². The van der Waals surface area contributed by atoms with Crippen LogP contribution in [0.3, 0.4) is 0 Å². The number of hydrogen-bond donors (Lipinski definition) is 1. The van der Waals surface area contributed by atoms with Gasteiger partial charge in [-0.15, -0.1) is 23.1 Å². The molecule has 2 amide bonds. The summed E-state index contributed by atoms with van der Waals surface area (Å²) in [5.41, 5.74) is 4.35. The van der Waals surface area contributed by atoms with Gasteiger partial charge in [0.25, 0.3) is 0 Å². The van der Waals surface area contributed by atoms with Gasteiger partial charge in [0.1, 0.15) is 0 Å². The van der Waals surface area contributed by atoms with Gasteiger partial charge < -0.3 is 10.2 Å². The molecule has 2 aromatic rings. The van der Waals surface area contributed by atoms with E-state index < -0.39 is 0 Å². The summed E-state index contributed by atoms with van der Waals surface area (Å²) < 4.78 is 0. The molecule has 1 aromatic heterocycles. The van der Waals surface area contributed by atoms with Crippen LogP contribution in [0, 0.1) is 19.8 Å². The van der Waals surface area contributed by atoms with Gasteiger partial charge in [-0.3, -0.25) is 9.59 Å². The van der Waals surface area contributed by atoms with Crippen LogP contribution in [0.1, 0.15) is 30.9 Å². The van der Waals surface area contributed by atoms with E-state index >= 15 is 0 Å². The molecular weight excluding hydrogens is 390 g/mol. The maximum atomic E-state index is 12.3. The van der Waals surface area contributed by atoms with Crippen molar-refractivity contribution in [3.05, 3.63) is 34.7 Å². The van der Waals surface area contributed by atoms with E-state index in [-0.39, 0.29) is 17.6 Å². The molecule has 7 heteroatoms. The van der Waals surface area contributed by atoms with Gasteiger partial charge in [0.15, 0.2) is 5.13 Å². The van der Waals surface area contributed by atoms with Crippen LogP contribution >= 0.6 is 23.1 Å². The maximum absolute atomic E-state index is 12.3. The molecule has 1 aromatic carbocycles. The lowest BCUT2D eigenvalue weighted by Crippen LogP contribution is -2.40. The van der Waals surface area contributed by atoms with Gasteiger partial charge in [0, 0.05) is 24.0 Å². The monoisotopic (exact) mass is 417 g/mol. The number of carbonyl (C=O) groups excluding carboxylic acids is 2. The van der Waals surface area contributed by atoms with Crippen molar-refractivity contribution in [2.45, 2.75) is 33.6 Å². The number of hydrogen-bond acceptors (Lipinski definition) is 5. The maximum Gasteiger partial charge on any atom is 0.236 e. The molecule has 28 heavy (non-hydrogen) atoms. The lowest BCUT2D eigenvalue weighted by Gasteiger charge is -2.30. The molecule has 3 rings (SSSR count). The fraction of sp³-hybridized carbons (Fsp3) is 0.476. The summed E-state index contributed by atoms with van der Waals surface area (Å²) in [5.74, 6) is 1.20. The first-order valence-electron chi connectivity index (χ1n) is 9.61. The molecule has 5 nitrogen and oxygen atoms in total. The second kappa shape index (κ2) is 9.56. The van der Waals surface area contributed by atoms with Gasteiger partial charge >= 0.3 is 0 Å². The second-order valence-electron chi connectivity index (χ2n) is 7.48. The first-order chi connectivity index (χ1) is 13.4. The van der Waals surface area contributed by atoms with E-state index in [0.717, 1.165) is 30.8 Å². The Morgan fingerprint density at radius 3 is 2.89 bits per heavy atom. The number of likely N-dealkylation sites (tertiary alicyclic amines) is 1. The number of anilines is 1. The Morgan fingerprint density at radius 2 is 2.14 bits per heavy atom. The number of piperidine rings is 1. The third-order valence-corrected chi connectivity index (χ3v) is 6.55. The highest BCUT2D eigenvalue weighted by molar-refractivity contribution is 8.00. The highest BCUT2D eigenvalue weighted by atomic mass is 32.2. The van der Waals surface area contributed by atoms with Crippen LogP contribution in [0.25, 0.3) is 11.3 Å². The van der Waals surface area contributed by atoms with Gasteiger partial charge in [0.05, 0.1) is 17.2 Å². The summed E-state index contributed by atoms with van der Waals surface area (Å²) in [5, 5.41) is 5.40. The van der Waals surface area contributed by atoms with E-state index in [1.165, 1.54) is 40.6 Å². The zero-order valence-corrected chi connectivity index (χ0v) is 18.3. The van der Waals surface area contributed by atoms with Gasteiger partial charge in [-0.2, -0.15) is 0 Å². The van der Waals surface area contributed by atoms with Gasteiger partial charge in [-0.05, 0) is 38.2 Å². The Morgan fingerprint density at radius 1 is 1.32 bits per heavy atom. The zero-order chi connectivity index (χ0) is 20.1. The Hall–Kier alpha value is -1.86. The molecule has 150 valence electrons. The van der Waals surface area contributed by atoms with Crippen molar-refractivity contribution >= 4 is 40.0 Å². The lowest BCUT2D eigenvalue weighted by atomic mass is 10.0. The number of thiazole rings is 1. The third-order valence-electron chi connectivity index (χ3n) is 4.88. The average molecular weight is 418 g/mol. The highest BCUT2D eigenvalue weighted by Gasteiger charge is 2.21. The minimum Gasteiger partial charge on any atom is -0.342 e. The number of thioether (sulfide) groups is 1. The normalized spacial score (nSPS) is 16.8. The largest absolute Gasteiger partial charge is 0.342 e. The van der Waals surface area contributed by atoms with Crippen LogP contribution in [0.5, 0.6) is 0 Å². The smallest absolute Gasteiger partial charge is 0.236 e. The quantitative estimate of drug-likeness (QED) is 0.759. The Bertz CT molecular complexity index is 850. The molecule has 0 radical (unpaired) electrons. The SMILES string of the molecule is Cc1ccc(-c2csc(NC(=O)CSCC(=O)N3CCC[C@@H](C)C3)n2)c(C)c1. The Kier molecular flexibility index (Phi) is 7.13. The summed E-state index contributed by atoms with van der Waals surface area (Å²) in [6, 6.07) is 6.26. The molecule has 0 unspecified atom stereocenters. The van der Waals surface area contributed by atoms with E-state index in [1.54, 1.807) is 0 Å². The average Bonchev–Trinajstić information content (AvgIpc) is 3.09. The van der Waals surface area contributed by atoms with Gasteiger partial charge in [0.2, 0.25) is 11.8 Å². The van der Waals surface area contributed by atoms with Crippen molar-refractivity contribution in [1.82, 2.24) is 9.88 Å².